The molecule has 0 heterocycles. The minimum Gasteiger partial charge on any atom is -0.484 e. The fourth-order valence-electron chi connectivity index (χ4n) is 2.23. The molecule has 0 aliphatic heterocycles. The van der Waals surface area contributed by atoms with Gasteiger partial charge in [0.2, 0.25) is 0 Å². The summed E-state index contributed by atoms with van der Waals surface area (Å²) in [7, 11) is 0. The Hall–Kier alpha value is -1.55. The van der Waals surface area contributed by atoms with Gasteiger partial charge in [-0.05, 0) is 49.4 Å². The molecular weight excluding hydrogens is 242 g/mol. The van der Waals surface area contributed by atoms with Crippen LogP contribution in [0.3, 0.4) is 0 Å². The van der Waals surface area contributed by atoms with Crippen LogP contribution in [0.5, 0.6) is 5.75 Å². The van der Waals surface area contributed by atoms with Gasteiger partial charge in [0.05, 0.1) is 6.10 Å². The molecule has 1 amide bonds. The lowest BCUT2D eigenvalue weighted by Gasteiger charge is -2.12. The van der Waals surface area contributed by atoms with Crippen molar-refractivity contribution < 1.29 is 14.6 Å². The number of ether oxygens (including phenoxy) is 1. The van der Waals surface area contributed by atoms with Gasteiger partial charge in [0.25, 0.3) is 5.91 Å². The van der Waals surface area contributed by atoms with Gasteiger partial charge in [-0.15, -0.1) is 0 Å². The number of aliphatic hydroxyl groups is 1. The number of hydrogen-bond acceptors (Lipinski definition) is 3. The second kappa shape index (κ2) is 6.06. The molecule has 0 aromatic heterocycles. The Morgan fingerprint density at radius 1 is 1.58 bits per heavy atom. The average molecular weight is 263 g/mol. The Balaban J connectivity index is 1.89. The number of nitrogens with one attached hydrogen (secondary N) is 1. The van der Waals surface area contributed by atoms with Crippen molar-refractivity contribution in [2.45, 2.75) is 45.3 Å². The molecule has 19 heavy (non-hydrogen) atoms. The third-order valence-electron chi connectivity index (χ3n) is 3.55. The molecule has 1 aliphatic rings. The summed E-state index contributed by atoms with van der Waals surface area (Å²) in [6.07, 6.45) is 2.19. The molecule has 4 heteroatoms. The van der Waals surface area contributed by atoms with Crippen molar-refractivity contribution in [1.82, 2.24) is 5.32 Å². The number of carbonyl (C=O) groups is 1. The largest absolute Gasteiger partial charge is 0.484 e. The highest BCUT2D eigenvalue weighted by Crippen LogP contribution is 2.33. The van der Waals surface area contributed by atoms with Crippen LogP contribution in [0.25, 0.3) is 0 Å². The van der Waals surface area contributed by atoms with Crippen molar-refractivity contribution in [3.63, 3.8) is 0 Å². The maximum Gasteiger partial charge on any atom is 0.258 e. The van der Waals surface area contributed by atoms with Gasteiger partial charge >= 0.3 is 0 Å². The molecule has 2 atom stereocenters. The zero-order valence-electron chi connectivity index (χ0n) is 11.5. The molecule has 0 saturated heterocycles. The number of aliphatic hydroxyl groups excluding tert-OH is 1. The summed E-state index contributed by atoms with van der Waals surface area (Å²) in [5.74, 6) is 0.585. The van der Waals surface area contributed by atoms with Crippen molar-refractivity contribution in [1.29, 1.82) is 0 Å². The number of rotatable bonds is 5. The zero-order chi connectivity index (χ0) is 13.8. The Labute approximate surface area is 113 Å². The first-order chi connectivity index (χ1) is 9.10. The van der Waals surface area contributed by atoms with Gasteiger partial charge in [-0.2, -0.15) is 0 Å². The van der Waals surface area contributed by atoms with Gasteiger partial charge in [-0.3, -0.25) is 4.79 Å². The standard InChI is InChI=1S/C15H21NO3/c1-3-10(2)16-15(18)9-19-12-5-6-13-11(8-12)4-7-14(13)17/h5-6,8,10,14,17H,3-4,7,9H2,1-2H3,(H,16,18)/t10?,14-/m1/s1. The highest BCUT2D eigenvalue weighted by molar-refractivity contribution is 5.77. The summed E-state index contributed by atoms with van der Waals surface area (Å²) in [5, 5.41) is 12.6. The summed E-state index contributed by atoms with van der Waals surface area (Å²) in [5.41, 5.74) is 2.10. The molecular formula is C15H21NO3. The van der Waals surface area contributed by atoms with Crippen LogP contribution in [0.4, 0.5) is 0 Å². The number of carbonyl (C=O) groups excluding carboxylic acids is 1. The van der Waals surface area contributed by atoms with Crippen LogP contribution < -0.4 is 10.1 Å². The summed E-state index contributed by atoms with van der Waals surface area (Å²) >= 11 is 0. The van der Waals surface area contributed by atoms with Crippen LogP contribution in [-0.2, 0) is 11.2 Å². The smallest absolute Gasteiger partial charge is 0.258 e. The first kappa shape index (κ1) is 13.9. The number of aryl methyl sites for hydroxylation is 1. The topological polar surface area (TPSA) is 58.6 Å². The summed E-state index contributed by atoms with van der Waals surface area (Å²) < 4.78 is 5.48. The first-order valence-electron chi connectivity index (χ1n) is 6.83. The third-order valence-corrected chi connectivity index (χ3v) is 3.55. The monoisotopic (exact) mass is 263 g/mol. The summed E-state index contributed by atoms with van der Waals surface area (Å²) in [6.45, 7) is 4.03. The van der Waals surface area contributed by atoms with E-state index in [1.165, 1.54) is 0 Å². The van der Waals surface area contributed by atoms with Gasteiger partial charge in [-0.1, -0.05) is 13.0 Å². The Kier molecular flexibility index (Phi) is 4.43. The molecule has 1 unspecified atom stereocenters. The maximum absolute atomic E-state index is 11.6. The van der Waals surface area contributed by atoms with E-state index in [1.54, 1.807) is 0 Å². The predicted molar refractivity (Wildman–Crippen MR) is 73.1 cm³/mol. The van der Waals surface area contributed by atoms with E-state index in [2.05, 4.69) is 5.32 Å². The highest BCUT2D eigenvalue weighted by Gasteiger charge is 2.20. The Bertz CT molecular complexity index is 459. The summed E-state index contributed by atoms with van der Waals surface area (Å²) in [4.78, 5) is 11.6. The third kappa shape index (κ3) is 3.47. The van der Waals surface area contributed by atoms with Gasteiger partial charge in [0.1, 0.15) is 5.75 Å². The zero-order valence-corrected chi connectivity index (χ0v) is 11.5. The van der Waals surface area contributed by atoms with Crippen LogP contribution in [0, 0.1) is 0 Å². The van der Waals surface area contributed by atoms with Crippen molar-refractivity contribution in [2.24, 2.45) is 0 Å². The lowest BCUT2D eigenvalue weighted by Crippen LogP contribution is -2.35. The fourth-order valence-corrected chi connectivity index (χ4v) is 2.23. The van der Waals surface area contributed by atoms with E-state index in [9.17, 15) is 9.90 Å². The second-order valence-electron chi connectivity index (χ2n) is 5.08. The van der Waals surface area contributed by atoms with E-state index < -0.39 is 0 Å². The lowest BCUT2D eigenvalue weighted by molar-refractivity contribution is -0.123. The molecule has 0 radical (unpaired) electrons. The maximum atomic E-state index is 11.6. The van der Waals surface area contributed by atoms with E-state index >= 15 is 0 Å². The molecule has 0 fully saturated rings. The number of benzene rings is 1. The van der Waals surface area contributed by atoms with Crippen LogP contribution in [-0.4, -0.2) is 23.7 Å². The van der Waals surface area contributed by atoms with Crippen LogP contribution in [0.2, 0.25) is 0 Å². The van der Waals surface area contributed by atoms with Crippen LogP contribution in [0.1, 0.15) is 43.9 Å². The number of amides is 1. The van der Waals surface area contributed by atoms with Gasteiger partial charge in [0.15, 0.2) is 6.61 Å². The number of fused-ring (bicyclic) bond motifs is 1. The highest BCUT2D eigenvalue weighted by atomic mass is 16.5. The van der Waals surface area contributed by atoms with E-state index in [0.29, 0.717) is 5.75 Å². The van der Waals surface area contributed by atoms with E-state index in [-0.39, 0.29) is 24.7 Å². The quantitative estimate of drug-likeness (QED) is 0.853. The van der Waals surface area contributed by atoms with E-state index in [1.807, 2.05) is 32.0 Å². The Morgan fingerprint density at radius 3 is 3.11 bits per heavy atom. The van der Waals surface area contributed by atoms with Gasteiger partial charge < -0.3 is 15.2 Å². The first-order valence-corrected chi connectivity index (χ1v) is 6.83. The minimum absolute atomic E-state index is 0.0334. The Morgan fingerprint density at radius 2 is 2.37 bits per heavy atom. The molecule has 0 saturated carbocycles. The molecule has 1 aliphatic carbocycles. The fraction of sp³-hybridized carbons (Fsp3) is 0.533. The van der Waals surface area contributed by atoms with Crippen molar-refractivity contribution >= 4 is 5.91 Å². The molecule has 4 nitrogen and oxygen atoms in total. The predicted octanol–water partition coefficient (Wildman–Crippen LogP) is 1.96. The normalized spacial score (nSPS) is 18.8. The molecule has 2 rings (SSSR count). The van der Waals surface area contributed by atoms with Crippen LogP contribution in [0.15, 0.2) is 18.2 Å². The molecule has 1 aromatic carbocycles. The van der Waals surface area contributed by atoms with Crippen molar-refractivity contribution in [3.05, 3.63) is 29.3 Å². The van der Waals surface area contributed by atoms with E-state index in [0.717, 1.165) is 30.4 Å². The average Bonchev–Trinajstić information content (AvgIpc) is 2.77. The number of hydrogen-bond donors (Lipinski definition) is 2. The SMILES string of the molecule is CCC(C)NC(=O)COc1ccc2c(c1)CC[C@H]2O. The van der Waals surface area contributed by atoms with E-state index in [4.69, 9.17) is 4.74 Å². The second-order valence-corrected chi connectivity index (χ2v) is 5.08. The van der Waals surface area contributed by atoms with Crippen molar-refractivity contribution in [3.8, 4) is 5.75 Å². The molecule has 104 valence electrons. The molecule has 0 spiro atoms. The van der Waals surface area contributed by atoms with Gasteiger partial charge in [0, 0.05) is 6.04 Å². The van der Waals surface area contributed by atoms with Crippen LogP contribution >= 0.6 is 0 Å². The summed E-state index contributed by atoms with van der Waals surface area (Å²) in [6, 6.07) is 5.78. The molecule has 1 aromatic rings. The molecule has 2 N–H and O–H groups in total. The van der Waals surface area contributed by atoms with Gasteiger partial charge in [-0.25, -0.2) is 0 Å². The minimum atomic E-state index is -0.349. The lowest BCUT2D eigenvalue weighted by atomic mass is 10.1. The van der Waals surface area contributed by atoms with Crippen molar-refractivity contribution in [2.75, 3.05) is 6.61 Å². The molecule has 0 bridgehead atoms.